The van der Waals surface area contributed by atoms with Gasteiger partial charge in [-0.1, -0.05) is 24.3 Å². The minimum Gasteiger partial charge on any atom is -0.359 e. The highest BCUT2D eigenvalue weighted by Gasteiger charge is 2.40. The second-order valence-electron chi connectivity index (χ2n) is 5.63. The summed E-state index contributed by atoms with van der Waals surface area (Å²) in [6, 6.07) is 8.50. The maximum Gasteiger partial charge on any atom is 0.121 e. The Morgan fingerprint density at radius 1 is 1.24 bits per heavy atom. The smallest absolute Gasteiger partial charge is 0.121 e. The summed E-state index contributed by atoms with van der Waals surface area (Å²) in [5.41, 5.74) is 2.54. The number of halogens is 1. The van der Waals surface area contributed by atoms with Crippen LogP contribution in [0.2, 0.25) is 0 Å². The molecule has 0 bridgehead atoms. The van der Waals surface area contributed by atoms with E-state index >= 15 is 0 Å². The molecule has 1 aliphatic heterocycles. The zero-order valence-electron chi connectivity index (χ0n) is 11.0. The molecule has 0 aromatic heterocycles. The van der Waals surface area contributed by atoms with Gasteiger partial charge in [-0.25, -0.2) is 0 Å². The highest BCUT2D eigenvalue weighted by Crippen LogP contribution is 2.27. The predicted molar refractivity (Wildman–Crippen MR) is 73.7 cm³/mol. The molecule has 3 heteroatoms. The van der Waals surface area contributed by atoms with E-state index in [0.29, 0.717) is 0 Å². The molecule has 1 fully saturated rings. The van der Waals surface area contributed by atoms with Gasteiger partial charge in [0, 0.05) is 12.0 Å². The molecule has 0 saturated carbocycles. The largest absolute Gasteiger partial charge is 0.359 e. The molecule has 1 heterocycles. The van der Waals surface area contributed by atoms with Crippen LogP contribution in [-0.4, -0.2) is 17.9 Å². The summed E-state index contributed by atoms with van der Waals surface area (Å²) in [5.74, 6) is 0. The number of benzene rings is 1. The fourth-order valence-corrected chi connectivity index (χ4v) is 2.39. The Morgan fingerprint density at radius 3 is 2.41 bits per heavy atom. The molecule has 96 valence electrons. The summed E-state index contributed by atoms with van der Waals surface area (Å²) in [4.78, 5) is 0. The zero-order valence-corrected chi connectivity index (χ0v) is 11.9. The first-order chi connectivity index (χ1) is 7.40. The first kappa shape index (κ1) is 14.5. The quantitative estimate of drug-likeness (QED) is 0.877. The molecule has 1 N–H and O–H groups in total. The lowest BCUT2D eigenvalue weighted by Gasteiger charge is -2.27. The molecular weight excluding hydrogens is 234 g/mol. The lowest BCUT2D eigenvalue weighted by atomic mass is 9.98. The van der Waals surface area contributed by atoms with Gasteiger partial charge in [-0.2, -0.15) is 0 Å². The summed E-state index contributed by atoms with van der Waals surface area (Å²) in [6.45, 7) is 9.41. The van der Waals surface area contributed by atoms with Crippen molar-refractivity contribution in [2.24, 2.45) is 0 Å². The van der Waals surface area contributed by atoms with Crippen molar-refractivity contribution in [1.29, 1.82) is 0 Å². The normalized spacial score (nSPS) is 26.6. The van der Waals surface area contributed by atoms with Crippen LogP contribution < -0.4 is 5.32 Å². The standard InChI is InChI=1S/C14H21NO.ClH/c1-11-7-5-6-8-12(11)9-14(4)15-13(2,3)10-16-14;/h5-8,15H,9-10H2,1-4H3;1H. The van der Waals surface area contributed by atoms with Gasteiger partial charge in [-0.3, -0.25) is 5.32 Å². The molecule has 2 nitrogen and oxygen atoms in total. The van der Waals surface area contributed by atoms with E-state index in [1.54, 1.807) is 0 Å². The highest BCUT2D eigenvalue weighted by molar-refractivity contribution is 5.85. The van der Waals surface area contributed by atoms with Crippen molar-refractivity contribution in [3.05, 3.63) is 35.4 Å². The predicted octanol–water partition coefficient (Wildman–Crippen LogP) is 3.07. The van der Waals surface area contributed by atoms with Gasteiger partial charge in [0.1, 0.15) is 5.72 Å². The Balaban J connectivity index is 0.00000144. The average Bonchev–Trinajstić information content (AvgIpc) is 2.45. The summed E-state index contributed by atoms with van der Waals surface area (Å²) >= 11 is 0. The molecule has 1 atom stereocenters. The van der Waals surface area contributed by atoms with Crippen molar-refractivity contribution in [1.82, 2.24) is 5.32 Å². The van der Waals surface area contributed by atoms with E-state index in [4.69, 9.17) is 4.74 Å². The van der Waals surface area contributed by atoms with Crippen molar-refractivity contribution < 1.29 is 4.74 Å². The third kappa shape index (κ3) is 3.44. The molecule has 0 radical (unpaired) electrons. The molecule has 0 aliphatic carbocycles. The molecule has 0 spiro atoms. The number of hydrogen-bond donors (Lipinski definition) is 1. The lowest BCUT2D eigenvalue weighted by Crippen LogP contribution is -2.47. The third-order valence-electron chi connectivity index (χ3n) is 3.14. The van der Waals surface area contributed by atoms with Crippen LogP contribution in [0.5, 0.6) is 0 Å². The Kier molecular flexibility index (Phi) is 4.23. The fraction of sp³-hybridized carbons (Fsp3) is 0.571. The summed E-state index contributed by atoms with van der Waals surface area (Å²) in [6.07, 6.45) is 0.920. The Morgan fingerprint density at radius 2 is 1.88 bits per heavy atom. The average molecular weight is 256 g/mol. The van der Waals surface area contributed by atoms with Gasteiger partial charge in [0.15, 0.2) is 0 Å². The van der Waals surface area contributed by atoms with Gasteiger partial charge < -0.3 is 4.74 Å². The Bertz CT molecular complexity index is 392. The molecule has 1 aromatic rings. The van der Waals surface area contributed by atoms with E-state index < -0.39 is 0 Å². The molecule has 17 heavy (non-hydrogen) atoms. The third-order valence-corrected chi connectivity index (χ3v) is 3.14. The van der Waals surface area contributed by atoms with E-state index in [2.05, 4.69) is 57.3 Å². The van der Waals surface area contributed by atoms with Gasteiger partial charge in [0.2, 0.25) is 0 Å². The summed E-state index contributed by atoms with van der Waals surface area (Å²) < 4.78 is 5.90. The van der Waals surface area contributed by atoms with Crippen LogP contribution in [0.15, 0.2) is 24.3 Å². The number of ether oxygens (including phenoxy) is 1. The van der Waals surface area contributed by atoms with Gasteiger partial charge in [-0.15, -0.1) is 12.4 Å². The summed E-state index contributed by atoms with van der Waals surface area (Å²) in [7, 11) is 0. The van der Waals surface area contributed by atoms with Crippen LogP contribution in [0.4, 0.5) is 0 Å². The maximum atomic E-state index is 5.90. The Labute approximate surface area is 110 Å². The number of rotatable bonds is 2. The van der Waals surface area contributed by atoms with Crippen LogP contribution in [0.1, 0.15) is 31.9 Å². The minimum absolute atomic E-state index is 0. The lowest BCUT2D eigenvalue weighted by molar-refractivity contribution is 0.00658. The molecule has 0 amide bonds. The molecule has 1 unspecified atom stereocenters. The molecule has 1 saturated heterocycles. The summed E-state index contributed by atoms with van der Waals surface area (Å²) in [5, 5.41) is 3.56. The van der Waals surface area contributed by atoms with E-state index in [9.17, 15) is 0 Å². The van der Waals surface area contributed by atoms with Gasteiger partial charge in [0.05, 0.1) is 6.61 Å². The second kappa shape index (κ2) is 4.97. The van der Waals surface area contributed by atoms with Crippen LogP contribution in [0.25, 0.3) is 0 Å². The minimum atomic E-state index is -0.227. The van der Waals surface area contributed by atoms with Crippen molar-refractivity contribution in [2.75, 3.05) is 6.61 Å². The Hall–Kier alpha value is -0.570. The van der Waals surface area contributed by atoms with Crippen LogP contribution in [-0.2, 0) is 11.2 Å². The van der Waals surface area contributed by atoms with Crippen molar-refractivity contribution in [3.63, 3.8) is 0 Å². The first-order valence-corrected chi connectivity index (χ1v) is 5.88. The van der Waals surface area contributed by atoms with Crippen LogP contribution >= 0.6 is 12.4 Å². The molecular formula is C14H22ClNO. The SMILES string of the molecule is Cc1ccccc1CC1(C)NC(C)(C)CO1.Cl. The number of aryl methyl sites for hydroxylation is 1. The van der Waals surface area contributed by atoms with Crippen molar-refractivity contribution >= 4 is 12.4 Å². The first-order valence-electron chi connectivity index (χ1n) is 5.88. The zero-order chi connectivity index (χ0) is 11.8. The van der Waals surface area contributed by atoms with E-state index in [-0.39, 0.29) is 23.7 Å². The number of nitrogens with one attached hydrogen (secondary N) is 1. The van der Waals surface area contributed by atoms with Gasteiger partial charge in [0.25, 0.3) is 0 Å². The van der Waals surface area contributed by atoms with E-state index in [1.165, 1.54) is 11.1 Å². The van der Waals surface area contributed by atoms with Gasteiger partial charge >= 0.3 is 0 Å². The topological polar surface area (TPSA) is 21.3 Å². The fourth-order valence-electron chi connectivity index (χ4n) is 2.39. The van der Waals surface area contributed by atoms with E-state index in [1.807, 2.05) is 0 Å². The highest BCUT2D eigenvalue weighted by atomic mass is 35.5. The number of hydrogen-bond acceptors (Lipinski definition) is 2. The molecule has 1 aliphatic rings. The van der Waals surface area contributed by atoms with Crippen molar-refractivity contribution in [3.8, 4) is 0 Å². The van der Waals surface area contributed by atoms with Crippen molar-refractivity contribution in [2.45, 2.75) is 45.4 Å². The van der Waals surface area contributed by atoms with Crippen LogP contribution in [0, 0.1) is 6.92 Å². The van der Waals surface area contributed by atoms with E-state index in [0.717, 1.165) is 13.0 Å². The second-order valence-corrected chi connectivity index (χ2v) is 5.63. The molecule has 1 aromatic carbocycles. The monoisotopic (exact) mass is 255 g/mol. The van der Waals surface area contributed by atoms with Gasteiger partial charge in [-0.05, 0) is 38.8 Å². The van der Waals surface area contributed by atoms with Crippen LogP contribution in [0.3, 0.4) is 0 Å². The maximum absolute atomic E-state index is 5.90. The molecule has 2 rings (SSSR count).